The number of nitroso groups, excluding NO2 is 1. The molecule has 8 rings (SSSR count). The topological polar surface area (TPSA) is 316 Å². The van der Waals surface area contributed by atoms with Crippen molar-refractivity contribution in [3.8, 4) is 5.69 Å². The Balaban J connectivity index is 0.000000237. The van der Waals surface area contributed by atoms with Crippen molar-refractivity contribution in [2.24, 2.45) is 36.7 Å². The molecule has 9 amide bonds. The van der Waals surface area contributed by atoms with Crippen LogP contribution in [-0.2, 0) is 24.1 Å². The van der Waals surface area contributed by atoms with E-state index in [1.165, 1.54) is 90.0 Å². The Hall–Kier alpha value is -10.2. The molecule has 85 heavy (non-hydrogen) atoms. The number of anilines is 3. The lowest BCUT2D eigenvalue weighted by Gasteiger charge is -2.35. The lowest BCUT2D eigenvalue weighted by molar-refractivity contribution is -0.144. The summed E-state index contributed by atoms with van der Waals surface area (Å²) in [5.41, 5.74) is 2.54. The number of nitrogens with one attached hydrogen (secondary N) is 1. The molecule has 0 spiro atoms. The van der Waals surface area contributed by atoms with E-state index in [0.717, 1.165) is 37.6 Å². The summed E-state index contributed by atoms with van der Waals surface area (Å²) in [5.74, 6) is -1.15. The lowest BCUT2D eigenvalue weighted by Crippen LogP contribution is -2.65. The van der Waals surface area contributed by atoms with Crippen molar-refractivity contribution in [3.05, 3.63) is 148 Å². The van der Waals surface area contributed by atoms with Gasteiger partial charge in [-0.05, 0) is 104 Å². The number of aryl methyl sites for hydroxylation is 1. The van der Waals surface area contributed by atoms with E-state index in [1.807, 2.05) is 87.5 Å². The van der Waals surface area contributed by atoms with E-state index >= 15 is 0 Å². The highest BCUT2D eigenvalue weighted by Gasteiger charge is 2.59. The molecule has 452 valence electrons. The first-order chi connectivity index (χ1) is 40.1. The van der Waals surface area contributed by atoms with Gasteiger partial charge in [-0.1, -0.05) is 83.1 Å². The zero-order valence-corrected chi connectivity index (χ0v) is 50.3. The van der Waals surface area contributed by atoms with Crippen LogP contribution in [0.1, 0.15) is 59.7 Å². The van der Waals surface area contributed by atoms with Crippen LogP contribution in [0.5, 0.6) is 0 Å². The number of carbonyl (C=O) groups excluding carboxylic acids is 6. The predicted octanol–water partition coefficient (Wildman–Crippen LogP) is 7.41. The molecule has 5 aromatic rings. The van der Waals surface area contributed by atoms with Crippen LogP contribution in [0.15, 0.2) is 157 Å². The van der Waals surface area contributed by atoms with Crippen molar-refractivity contribution in [1.82, 2.24) is 34.6 Å². The maximum absolute atomic E-state index is 13.2. The summed E-state index contributed by atoms with van der Waals surface area (Å²) in [6.45, 7) is 13.4. The molecule has 0 saturated carbocycles. The summed E-state index contributed by atoms with van der Waals surface area (Å²) >= 11 is 0. The minimum atomic E-state index is -1.88. The third-order valence-electron chi connectivity index (χ3n) is 13.1. The number of H-pyrrole nitrogens is 1. The van der Waals surface area contributed by atoms with Crippen LogP contribution in [0.3, 0.4) is 0 Å². The molecule has 1 aromatic heterocycles. The lowest BCUT2D eigenvalue weighted by atomic mass is 9.88. The molecule has 0 fully saturated rings. The number of hydrogen-bond donors (Lipinski definition) is 3. The number of carbonyl (C=O) groups is 6. The number of urea groups is 3. The number of rotatable bonds is 10. The Labute approximate surface area is 491 Å². The molecular weight excluding hydrogens is 1100 g/mol. The third-order valence-corrected chi connectivity index (χ3v) is 13.1. The number of amides is 9. The molecule has 4 heterocycles. The molecular formula is C57H72N16O12. The highest BCUT2D eigenvalue weighted by Crippen LogP contribution is 2.33. The first-order valence-electron chi connectivity index (χ1n) is 25.9. The Morgan fingerprint density at radius 2 is 1.00 bits per heavy atom. The third kappa shape index (κ3) is 14.9. The maximum atomic E-state index is 13.2. The van der Waals surface area contributed by atoms with E-state index < -0.39 is 41.0 Å². The fraction of sp³-hybridized carbons (Fsp3) is 0.333. The van der Waals surface area contributed by atoms with Crippen LogP contribution in [0.25, 0.3) is 5.69 Å². The minimum absolute atomic E-state index is 0.0497. The van der Waals surface area contributed by atoms with Gasteiger partial charge in [0.05, 0.1) is 57.1 Å². The van der Waals surface area contributed by atoms with Crippen LogP contribution < -0.4 is 20.6 Å². The Bertz CT molecular complexity index is 3400. The van der Waals surface area contributed by atoms with Gasteiger partial charge in [-0.2, -0.15) is 35.4 Å². The maximum Gasteiger partial charge on any atom is 0.380 e. The Morgan fingerprint density at radius 1 is 0.588 bits per heavy atom. The van der Waals surface area contributed by atoms with Gasteiger partial charge in [0.25, 0.3) is 23.3 Å². The van der Waals surface area contributed by atoms with Crippen molar-refractivity contribution in [3.63, 3.8) is 0 Å². The normalized spacial score (nSPS) is 17.9. The number of benzene rings is 4. The molecule has 3 unspecified atom stereocenters. The molecule has 0 aliphatic carbocycles. The first-order valence-corrected chi connectivity index (χ1v) is 25.9. The molecule has 0 radical (unpaired) electrons. The highest BCUT2D eigenvalue weighted by atomic mass is 16.6. The SMILES string of the molecule is CC1=NN(c2ccccc2)C(=O)C1(C)N(O)C(=O)N(C)C.CC1=NN(c2ccccc2)C(=O)C1C.CN(C)C(=O)N=O.CO/N=C(\C)C1(N(O)C(=O)N(C)C)C(=O)N(c2ccccc2)N=C1C.CO/N=C(\C)c1c(C)[nH]n(-c2ccccc2)c1=O. The molecule has 0 bridgehead atoms. The Kier molecular flexibility index (Phi) is 23.5. The van der Waals surface area contributed by atoms with E-state index in [1.54, 1.807) is 75.4 Å². The van der Waals surface area contributed by atoms with Gasteiger partial charge in [0.1, 0.15) is 14.2 Å². The summed E-state index contributed by atoms with van der Waals surface area (Å²) in [5, 5.41) is 50.8. The second kappa shape index (κ2) is 29.7. The second-order valence-corrected chi connectivity index (χ2v) is 19.6. The molecule has 28 nitrogen and oxygen atoms in total. The molecule has 4 aromatic carbocycles. The van der Waals surface area contributed by atoms with Crippen molar-refractivity contribution in [1.29, 1.82) is 0 Å². The number of para-hydroxylation sites is 4. The highest BCUT2D eigenvalue weighted by molar-refractivity contribution is 6.37. The smallest absolute Gasteiger partial charge is 0.380 e. The average Bonchev–Trinajstić information content (AvgIpc) is 1.94. The molecule has 3 aliphatic rings. The van der Waals surface area contributed by atoms with E-state index in [0.29, 0.717) is 38.5 Å². The van der Waals surface area contributed by atoms with Gasteiger partial charge in [-0.25, -0.2) is 24.1 Å². The van der Waals surface area contributed by atoms with Gasteiger partial charge in [0.15, 0.2) is 5.54 Å². The summed E-state index contributed by atoms with van der Waals surface area (Å²) < 4.78 is 1.50. The van der Waals surface area contributed by atoms with Crippen LogP contribution in [0.4, 0.5) is 31.4 Å². The largest absolute Gasteiger partial charge is 0.399 e. The summed E-state index contributed by atoms with van der Waals surface area (Å²) in [6, 6.07) is 34.2. The summed E-state index contributed by atoms with van der Waals surface area (Å²) in [7, 11) is 11.6. The van der Waals surface area contributed by atoms with Crippen LogP contribution >= 0.6 is 0 Å². The van der Waals surface area contributed by atoms with Gasteiger partial charge >= 0.3 is 18.1 Å². The zero-order chi connectivity index (χ0) is 63.7. The fourth-order valence-corrected chi connectivity index (χ4v) is 8.10. The first kappa shape index (κ1) is 67.3. The monoisotopic (exact) mass is 1170 g/mol. The Morgan fingerprint density at radius 3 is 1.39 bits per heavy atom. The number of hydrogen-bond acceptors (Lipinski definition) is 17. The standard InChI is InChI=1S/C16H21N5O4.C14H18N4O3.C13H15N3O2.C11H12N2O.C3H6N2O2/c1-11-16(12(2)18-25-5,21(24)15(23)19(3)4)14(22)20(17-11)13-9-7-6-8-10-13;1-10-14(2,18(21)13(20)16(3)4)12(19)17(15-10)11-8-6-5-7-9-11;1-9-12(10(2)15-18-3)13(17)16(14-9)11-7-5-4-6-8-11;1-8-9(2)12-13(11(8)14)10-6-4-3-5-7-10;1-5(2)3(6)4-7/h6-10,24H,1-5H3;5-9,21H,1-4H3;4-8,14H,1-3H3;3-8H,1-2H3;1-2H3/b18-12+;;15-10+;;. The van der Waals surface area contributed by atoms with Gasteiger partial charge < -0.3 is 24.4 Å². The summed E-state index contributed by atoms with van der Waals surface area (Å²) in [6.07, 6.45) is 0. The van der Waals surface area contributed by atoms with Gasteiger partial charge in [-0.3, -0.25) is 34.7 Å². The molecule has 0 saturated heterocycles. The van der Waals surface area contributed by atoms with E-state index in [2.05, 4.69) is 35.9 Å². The number of hydrazone groups is 3. The number of nitrogens with zero attached hydrogens (tertiary/aromatic N) is 15. The minimum Gasteiger partial charge on any atom is -0.399 e. The number of oxime groups is 2. The molecule has 3 N–H and O–H groups in total. The van der Waals surface area contributed by atoms with E-state index in [-0.39, 0.29) is 28.8 Å². The molecule has 3 atom stereocenters. The van der Waals surface area contributed by atoms with Gasteiger partial charge in [0.2, 0.25) is 5.54 Å². The number of hydroxylamine groups is 4. The van der Waals surface area contributed by atoms with E-state index in [4.69, 9.17) is 9.68 Å². The van der Waals surface area contributed by atoms with Gasteiger partial charge in [-0.15, -0.1) is 4.91 Å². The summed E-state index contributed by atoms with van der Waals surface area (Å²) in [4.78, 5) is 106. The van der Waals surface area contributed by atoms with Crippen molar-refractivity contribution < 1.29 is 48.9 Å². The van der Waals surface area contributed by atoms with Crippen molar-refractivity contribution in [2.75, 3.05) is 71.5 Å². The second-order valence-electron chi connectivity index (χ2n) is 19.6. The quantitative estimate of drug-likeness (QED) is 0.0533. The number of aromatic amines is 1. The zero-order valence-electron chi connectivity index (χ0n) is 50.3. The van der Waals surface area contributed by atoms with Crippen LogP contribution in [0.2, 0.25) is 0 Å². The van der Waals surface area contributed by atoms with E-state index in [9.17, 15) is 48.9 Å². The van der Waals surface area contributed by atoms with Crippen LogP contribution in [-0.4, -0.2) is 177 Å². The number of aromatic nitrogens is 2. The van der Waals surface area contributed by atoms with Crippen molar-refractivity contribution in [2.45, 2.75) is 66.5 Å². The fourth-order valence-electron chi connectivity index (χ4n) is 8.10. The van der Waals surface area contributed by atoms with Gasteiger partial charge in [0, 0.05) is 58.9 Å². The average molecular weight is 1170 g/mol. The molecule has 3 aliphatic heterocycles. The van der Waals surface area contributed by atoms with Crippen LogP contribution in [0, 0.1) is 17.7 Å². The van der Waals surface area contributed by atoms with Crippen molar-refractivity contribution >= 4 is 81.4 Å². The predicted molar refractivity (Wildman–Crippen MR) is 322 cm³/mol. The molecule has 28 heteroatoms.